The molecule has 0 saturated carbocycles. The smallest absolute Gasteiger partial charge is 0.744 e. The van der Waals surface area contributed by atoms with Gasteiger partial charge in [-0.2, -0.15) is 0 Å². The molecular weight excluding hydrogens is 431 g/mol. The van der Waals surface area contributed by atoms with Gasteiger partial charge in [-0.15, -0.1) is 0 Å². The molecular formula is C26H39KO3S. The summed E-state index contributed by atoms with van der Waals surface area (Å²) >= 11 is 0. The van der Waals surface area contributed by atoms with Crippen LogP contribution in [0.25, 0.3) is 10.8 Å². The fourth-order valence-electron chi connectivity index (χ4n) is 4.25. The minimum atomic E-state index is -4.47. The normalized spacial score (nSPS) is 11.6. The molecule has 2 aromatic carbocycles. The zero-order valence-corrected chi connectivity index (χ0v) is 23.9. The molecule has 3 nitrogen and oxygen atoms in total. The number of unbranched alkanes of at least 4 members (excludes halogenated alkanes) is 10. The van der Waals surface area contributed by atoms with E-state index in [1.807, 2.05) is 0 Å². The molecule has 0 aliphatic rings. The number of benzene rings is 2. The molecule has 0 aliphatic heterocycles. The summed E-state index contributed by atoms with van der Waals surface area (Å²) in [5.41, 5.74) is 1.96. The van der Waals surface area contributed by atoms with Gasteiger partial charge in [0.15, 0.2) is 0 Å². The second kappa shape index (κ2) is 16.0. The molecule has 2 rings (SSSR count). The van der Waals surface area contributed by atoms with Crippen molar-refractivity contribution in [1.29, 1.82) is 0 Å². The van der Waals surface area contributed by atoms with Gasteiger partial charge >= 0.3 is 51.4 Å². The zero-order valence-electron chi connectivity index (χ0n) is 19.9. The van der Waals surface area contributed by atoms with Gasteiger partial charge in [0.25, 0.3) is 0 Å². The van der Waals surface area contributed by atoms with Gasteiger partial charge < -0.3 is 4.55 Å². The Morgan fingerprint density at radius 1 is 0.710 bits per heavy atom. The summed E-state index contributed by atoms with van der Waals surface area (Å²) in [4.78, 5) is -0.0275. The van der Waals surface area contributed by atoms with Crippen molar-refractivity contribution in [3.05, 3.63) is 41.5 Å². The second-order valence-corrected chi connectivity index (χ2v) is 9.94. The standard InChI is InChI=1S/C26H40O3S.K/c1-3-5-7-9-11-13-15-22-17-18-23-19-20-26(30(27,28)29)24(25(23)21-22)16-14-12-10-8-6-4-2;/h17-21H,3-16H2,1-2H3,(H,27,28,29);/q;+1/p-1. The maximum atomic E-state index is 11.9. The van der Waals surface area contributed by atoms with E-state index in [0.717, 1.165) is 42.0 Å². The first-order chi connectivity index (χ1) is 14.5. The Bertz CT molecular complexity index is 878. The van der Waals surface area contributed by atoms with Crippen LogP contribution in [0.2, 0.25) is 0 Å². The van der Waals surface area contributed by atoms with Crippen LogP contribution >= 0.6 is 0 Å². The number of fused-ring (bicyclic) bond motifs is 1. The second-order valence-electron chi connectivity index (χ2n) is 8.59. The van der Waals surface area contributed by atoms with Gasteiger partial charge in [0, 0.05) is 0 Å². The van der Waals surface area contributed by atoms with Gasteiger partial charge in [-0.25, -0.2) is 8.42 Å². The molecule has 0 bridgehead atoms. The van der Waals surface area contributed by atoms with E-state index in [1.54, 1.807) is 6.07 Å². The molecule has 0 saturated heterocycles. The Hall–Kier alpha value is 0.246. The van der Waals surface area contributed by atoms with Crippen molar-refractivity contribution in [2.75, 3.05) is 0 Å². The van der Waals surface area contributed by atoms with Crippen LogP contribution in [0.4, 0.5) is 0 Å². The SMILES string of the molecule is CCCCCCCCc1ccc2ccc(S(=O)(=O)[O-])c(CCCCCCCC)c2c1.[K+]. The van der Waals surface area contributed by atoms with Crippen LogP contribution in [0.15, 0.2) is 35.2 Å². The minimum absolute atomic E-state index is 0. The van der Waals surface area contributed by atoms with Crippen LogP contribution in [0.1, 0.15) is 102 Å². The average molecular weight is 471 g/mol. The summed E-state index contributed by atoms with van der Waals surface area (Å²) in [7, 11) is -4.47. The third-order valence-electron chi connectivity index (χ3n) is 6.02. The number of hydrogen-bond donors (Lipinski definition) is 0. The van der Waals surface area contributed by atoms with E-state index in [0.29, 0.717) is 6.42 Å². The van der Waals surface area contributed by atoms with Crippen molar-refractivity contribution in [1.82, 2.24) is 0 Å². The van der Waals surface area contributed by atoms with Gasteiger partial charge in [0.1, 0.15) is 10.1 Å². The van der Waals surface area contributed by atoms with E-state index in [4.69, 9.17) is 0 Å². The Balaban J connectivity index is 0.00000480. The van der Waals surface area contributed by atoms with Gasteiger partial charge in [-0.1, -0.05) is 102 Å². The van der Waals surface area contributed by atoms with E-state index in [-0.39, 0.29) is 56.3 Å². The molecule has 0 heterocycles. The monoisotopic (exact) mass is 470 g/mol. The summed E-state index contributed by atoms with van der Waals surface area (Å²) in [6, 6.07) is 9.63. The molecule has 2 aromatic rings. The zero-order chi connectivity index (χ0) is 21.8. The summed E-state index contributed by atoms with van der Waals surface area (Å²) in [6.07, 6.45) is 16.1. The van der Waals surface area contributed by atoms with E-state index < -0.39 is 10.1 Å². The molecule has 0 unspecified atom stereocenters. The van der Waals surface area contributed by atoms with Crippen molar-refractivity contribution in [2.24, 2.45) is 0 Å². The van der Waals surface area contributed by atoms with Crippen molar-refractivity contribution >= 4 is 20.9 Å². The average Bonchev–Trinajstić information content (AvgIpc) is 2.72. The Labute approximate surface area is 233 Å². The first kappa shape index (κ1) is 29.3. The van der Waals surface area contributed by atoms with Crippen LogP contribution in [-0.2, 0) is 23.0 Å². The molecule has 0 spiro atoms. The van der Waals surface area contributed by atoms with Crippen LogP contribution in [0, 0.1) is 0 Å². The molecule has 0 radical (unpaired) electrons. The number of rotatable bonds is 15. The third kappa shape index (κ3) is 10.4. The Morgan fingerprint density at radius 3 is 1.81 bits per heavy atom. The first-order valence-corrected chi connectivity index (χ1v) is 13.4. The van der Waals surface area contributed by atoms with Gasteiger partial charge in [0.05, 0.1) is 4.90 Å². The van der Waals surface area contributed by atoms with Crippen molar-refractivity contribution in [2.45, 2.75) is 109 Å². The quantitative estimate of drug-likeness (QED) is 0.218. The summed E-state index contributed by atoms with van der Waals surface area (Å²) in [5.74, 6) is 0. The van der Waals surface area contributed by atoms with Crippen molar-refractivity contribution in [3.8, 4) is 0 Å². The van der Waals surface area contributed by atoms with Crippen LogP contribution in [-0.4, -0.2) is 13.0 Å². The molecule has 31 heavy (non-hydrogen) atoms. The number of aryl methyl sites for hydroxylation is 2. The molecule has 0 aliphatic carbocycles. The predicted octanol–water partition coefficient (Wildman–Crippen LogP) is 4.55. The maximum absolute atomic E-state index is 11.9. The first-order valence-electron chi connectivity index (χ1n) is 12.0. The maximum Gasteiger partial charge on any atom is 1.00 e. The van der Waals surface area contributed by atoms with Gasteiger partial charge in [-0.3, -0.25) is 0 Å². The van der Waals surface area contributed by atoms with Gasteiger partial charge in [0.2, 0.25) is 0 Å². The van der Waals surface area contributed by atoms with E-state index >= 15 is 0 Å². The molecule has 0 amide bonds. The van der Waals surface area contributed by atoms with Crippen LogP contribution in [0.3, 0.4) is 0 Å². The van der Waals surface area contributed by atoms with E-state index in [9.17, 15) is 13.0 Å². The predicted molar refractivity (Wildman–Crippen MR) is 126 cm³/mol. The molecule has 0 N–H and O–H groups in total. The Morgan fingerprint density at radius 2 is 1.23 bits per heavy atom. The number of hydrogen-bond acceptors (Lipinski definition) is 3. The summed E-state index contributed by atoms with van der Waals surface area (Å²) in [6.45, 7) is 4.43. The van der Waals surface area contributed by atoms with Crippen molar-refractivity contribution < 1.29 is 64.4 Å². The van der Waals surface area contributed by atoms with E-state index in [1.165, 1.54) is 69.4 Å². The fraction of sp³-hybridized carbons (Fsp3) is 0.615. The fourth-order valence-corrected chi connectivity index (χ4v) is 5.00. The Kier molecular flexibility index (Phi) is 15.1. The summed E-state index contributed by atoms with van der Waals surface area (Å²) < 4.78 is 35.7. The molecule has 0 fully saturated rings. The molecule has 0 atom stereocenters. The largest absolute Gasteiger partial charge is 1.00 e. The van der Waals surface area contributed by atoms with Crippen molar-refractivity contribution in [3.63, 3.8) is 0 Å². The topological polar surface area (TPSA) is 57.2 Å². The third-order valence-corrected chi connectivity index (χ3v) is 6.94. The van der Waals surface area contributed by atoms with E-state index in [2.05, 4.69) is 32.0 Å². The van der Waals surface area contributed by atoms with Crippen LogP contribution in [0.5, 0.6) is 0 Å². The van der Waals surface area contributed by atoms with Gasteiger partial charge in [-0.05, 0) is 53.6 Å². The molecule has 168 valence electrons. The minimum Gasteiger partial charge on any atom is -0.744 e. The van der Waals surface area contributed by atoms with Crippen LogP contribution < -0.4 is 51.4 Å². The molecule has 0 aromatic heterocycles. The summed E-state index contributed by atoms with van der Waals surface area (Å²) in [5, 5.41) is 1.97. The molecule has 5 heteroatoms.